The topological polar surface area (TPSA) is 27.7 Å². The summed E-state index contributed by atoms with van der Waals surface area (Å²) in [5.41, 5.74) is 3.44. The molecule has 114 valence electrons. The molecule has 1 heterocycles. The number of hydrogen-bond donors (Lipinski definition) is 0. The first kappa shape index (κ1) is 14.7. The van der Waals surface area contributed by atoms with Crippen LogP contribution in [-0.2, 0) is 24.4 Å². The van der Waals surface area contributed by atoms with E-state index in [1.807, 2.05) is 30.3 Å². The Hall–Kier alpha value is -2.26. The minimum atomic E-state index is 0.526. The summed E-state index contributed by atoms with van der Waals surface area (Å²) in [7, 11) is 1.67. The van der Waals surface area contributed by atoms with Crippen LogP contribution in [0.5, 0.6) is 11.5 Å². The number of ether oxygens (including phenoxy) is 3. The Morgan fingerprint density at radius 2 is 1.91 bits per heavy atom. The van der Waals surface area contributed by atoms with Crippen LogP contribution >= 0.6 is 0 Å². The highest BCUT2D eigenvalue weighted by molar-refractivity contribution is 5.51. The fraction of sp³-hybridized carbons (Fsp3) is 0.263. The predicted molar refractivity (Wildman–Crippen MR) is 86.3 cm³/mol. The van der Waals surface area contributed by atoms with E-state index in [1.54, 1.807) is 7.11 Å². The first-order chi connectivity index (χ1) is 10.9. The zero-order valence-corrected chi connectivity index (χ0v) is 12.7. The van der Waals surface area contributed by atoms with Crippen molar-refractivity contribution in [3.8, 4) is 11.5 Å². The SMILES string of the molecule is COc1ccc2c(c1OCc1ccccc1)C/C=C\COC2. The highest BCUT2D eigenvalue weighted by Crippen LogP contribution is 2.35. The maximum Gasteiger partial charge on any atom is 0.165 e. The van der Waals surface area contributed by atoms with Crippen LogP contribution in [0, 0.1) is 0 Å². The molecular formula is C19H20O3. The fourth-order valence-corrected chi connectivity index (χ4v) is 2.56. The molecule has 0 atom stereocenters. The predicted octanol–water partition coefficient (Wildman–Crippen LogP) is 3.90. The van der Waals surface area contributed by atoms with Crippen LogP contribution in [0.2, 0.25) is 0 Å². The molecule has 2 aromatic carbocycles. The van der Waals surface area contributed by atoms with Gasteiger partial charge in [-0.25, -0.2) is 0 Å². The van der Waals surface area contributed by atoms with Gasteiger partial charge in [-0.15, -0.1) is 0 Å². The molecule has 0 fully saturated rings. The maximum atomic E-state index is 6.09. The lowest BCUT2D eigenvalue weighted by molar-refractivity contribution is 0.146. The van der Waals surface area contributed by atoms with Gasteiger partial charge in [-0.05, 0) is 23.6 Å². The first-order valence-electron chi connectivity index (χ1n) is 7.46. The molecule has 0 saturated heterocycles. The number of allylic oxidation sites excluding steroid dienone is 1. The van der Waals surface area contributed by atoms with Gasteiger partial charge < -0.3 is 14.2 Å². The van der Waals surface area contributed by atoms with Gasteiger partial charge in [0.1, 0.15) is 6.61 Å². The quantitative estimate of drug-likeness (QED) is 0.801. The van der Waals surface area contributed by atoms with E-state index in [1.165, 1.54) is 0 Å². The summed E-state index contributed by atoms with van der Waals surface area (Å²) in [5.74, 6) is 1.59. The second kappa shape index (κ2) is 7.14. The van der Waals surface area contributed by atoms with Gasteiger partial charge in [0.05, 0.1) is 20.3 Å². The minimum absolute atomic E-state index is 0.526. The Morgan fingerprint density at radius 1 is 1.05 bits per heavy atom. The van der Waals surface area contributed by atoms with E-state index in [9.17, 15) is 0 Å². The lowest BCUT2D eigenvalue weighted by Gasteiger charge is -2.19. The summed E-state index contributed by atoms with van der Waals surface area (Å²) in [4.78, 5) is 0. The van der Waals surface area contributed by atoms with E-state index in [2.05, 4.69) is 24.3 Å². The second-order valence-electron chi connectivity index (χ2n) is 5.20. The van der Waals surface area contributed by atoms with Crippen LogP contribution in [0.3, 0.4) is 0 Å². The van der Waals surface area contributed by atoms with Crippen LogP contribution in [0.1, 0.15) is 16.7 Å². The largest absolute Gasteiger partial charge is 0.493 e. The summed E-state index contributed by atoms with van der Waals surface area (Å²) < 4.78 is 17.2. The highest BCUT2D eigenvalue weighted by Gasteiger charge is 2.16. The van der Waals surface area contributed by atoms with Gasteiger partial charge in [0.25, 0.3) is 0 Å². The molecule has 22 heavy (non-hydrogen) atoms. The van der Waals surface area contributed by atoms with Gasteiger partial charge in [-0.3, -0.25) is 0 Å². The molecule has 0 amide bonds. The van der Waals surface area contributed by atoms with E-state index in [-0.39, 0.29) is 0 Å². The molecule has 0 spiro atoms. The van der Waals surface area contributed by atoms with Crippen molar-refractivity contribution < 1.29 is 14.2 Å². The van der Waals surface area contributed by atoms with Gasteiger partial charge in [0, 0.05) is 5.56 Å². The third kappa shape index (κ3) is 3.31. The standard InChI is InChI=1S/C19H20O3/c1-20-18-11-10-16-14-21-12-6-5-9-17(16)19(18)22-13-15-7-3-2-4-8-15/h2-8,10-11H,9,12-14H2,1H3/b6-5-. The average Bonchev–Trinajstić information content (AvgIpc) is 2.54. The van der Waals surface area contributed by atoms with E-state index in [4.69, 9.17) is 14.2 Å². The average molecular weight is 296 g/mol. The molecule has 1 aliphatic rings. The van der Waals surface area contributed by atoms with Gasteiger partial charge in [0.15, 0.2) is 11.5 Å². The van der Waals surface area contributed by atoms with Crippen molar-refractivity contribution in [2.24, 2.45) is 0 Å². The van der Waals surface area contributed by atoms with Crippen LogP contribution < -0.4 is 9.47 Å². The number of methoxy groups -OCH3 is 1. The molecule has 0 saturated carbocycles. The first-order valence-corrected chi connectivity index (χ1v) is 7.46. The molecule has 0 N–H and O–H groups in total. The summed E-state index contributed by atoms with van der Waals surface area (Å²) >= 11 is 0. The second-order valence-corrected chi connectivity index (χ2v) is 5.20. The van der Waals surface area contributed by atoms with Crippen molar-refractivity contribution in [1.82, 2.24) is 0 Å². The van der Waals surface area contributed by atoms with Crippen molar-refractivity contribution in [3.63, 3.8) is 0 Å². The van der Waals surface area contributed by atoms with E-state index in [0.29, 0.717) is 19.8 Å². The molecule has 3 rings (SSSR count). The molecule has 1 aliphatic heterocycles. The summed E-state index contributed by atoms with van der Waals surface area (Å²) in [6.07, 6.45) is 5.00. The Kier molecular flexibility index (Phi) is 4.76. The van der Waals surface area contributed by atoms with Gasteiger partial charge in [-0.1, -0.05) is 48.6 Å². The molecule has 0 aliphatic carbocycles. The van der Waals surface area contributed by atoms with Crippen molar-refractivity contribution in [3.05, 3.63) is 71.3 Å². The molecule has 0 aromatic heterocycles. The molecule has 3 nitrogen and oxygen atoms in total. The zero-order valence-electron chi connectivity index (χ0n) is 12.7. The van der Waals surface area contributed by atoms with Gasteiger partial charge >= 0.3 is 0 Å². The Balaban J connectivity index is 1.90. The van der Waals surface area contributed by atoms with Crippen LogP contribution in [-0.4, -0.2) is 13.7 Å². The minimum Gasteiger partial charge on any atom is -0.493 e. The zero-order chi connectivity index (χ0) is 15.2. The highest BCUT2D eigenvalue weighted by atomic mass is 16.5. The Bertz CT molecular complexity index is 647. The van der Waals surface area contributed by atoms with E-state index in [0.717, 1.165) is 34.6 Å². The molecule has 2 aromatic rings. The van der Waals surface area contributed by atoms with Crippen molar-refractivity contribution >= 4 is 0 Å². The summed E-state index contributed by atoms with van der Waals surface area (Å²) in [5, 5.41) is 0. The van der Waals surface area contributed by atoms with Crippen molar-refractivity contribution in [1.29, 1.82) is 0 Å². The third-order valence-corrected chi connectivity index (χ3v) is 3.73. The van der Waals surface area contributed by atoms with E-state index < -0.39 is 0 Å². The normalized spacial score (nSPS) is 15.3. The Morgan fingerprint density at radius 3 is 2.73 bits per heavy atom. The lowest BCUT2D eigenvalue weighted by atomic mass is 10.0. The van der Waals surface area contributed by atoms with Crippen LogP contribution in [0.25, 0.3) is 0 Å². The summed E-state index contributed by atoms with van der Waals surface area (Å²) in [6.45, 7) is 1.79. The number of hydrogen-bond acceptors (Lipinski definition) is 3. The van der Waals surface area contributed by atoms with Crippen LogP contribution in [0.15, 0.2) is 54.6 Å². The molecule has 3 heteroatoms. The monoisotopic (exact) mass is 296 g/mol. The van der Waals surface area contributed by atoms with Crippen molar-refractivity contribution in [2.75, 3.05) is 13.7 Å². The molecular weight excluding hydrogens is 276 g/mol. The smallest absolute Gasteiger partial charge is 0.165 e. The molecule has 0 radical (unpaired) electrons. The number of rotatable bonds is 4. The number of fused-ring (bicyclic) bond motifs is 1. The van der Waals surface area contributed by atoms with Crippen LogP contribution in [0.4, 0.5) is 0 Å². The number of benzene rings is 2. The lowest BCUT2D eigenvalue weighted by Crippen LogP contribution is -2.06. The van der Waals surface area contributed by atoms with E-state index >= 15 is 0 Å². The molecule has 0 bridgehead atoms. The Labute approximate surface area is 131 Å². The van der Waals surface area contributed by atoms with Gasteiger partial charge in [-0.2, -0.15) is 0 Å². The third-order valence-electron chi connectivity index (χ3n) is 3.73. The van der Waals surface area contributed by atoms with Crippen molar-refractivity contribution in [2.45, 2.75) is 19.6 Å². The maximum absolute atomic E-state index is 6.09. The summed E-state index contributed by atoms with van der Waals surface area (Å²) in [6, 6.07) is 14.2. The molecule has 0 unspecified atom stereocenters. The fourth-order valence-electron chi connectivity index (χ4n) is 2.56. The van der Waals surface area contributed by atoms with Gasteiger partial charge in [0.2, 0.25) is 0 Å².